The number of ether oxygens (including phenoxy) is 2. The topological polar surface area (TPSA) is 104 Å². The SMILES string of the molecule is COc1ccc2cccnc2c1S(=O)(=O)Nc1noc2cccc(OC)c12. The standard InChI is InChI=1S/C18H15N3O5S/c1-24-12-6-3-7-13-15(12)18(20-26-13)21-27(22,23)17-14(25-2)9-8-11-5-4-10-19-16(11)17/h3-10H,1-2H3,(H,20,21). The zero-order valence-electron chi connectivity index (χ0n) is 14.5. The zero-order chi connectivity index (χ0) is 19.0. The van der Waals surface area contributed by atoms with Crippen molar-refractivity contribution in [2.45, 2.75) is 4.90 Å². The Labute approximate surface area is 154 Å². The number of hydrogen-bond donors (Lipinski definition) is 1. The molecular weight excluding hydrogens is 370 g/mol. The zero-order valence-corrected chi connectivity index (χ0v) is 15.3. The third kappa shape index (κ3) is 2.81. The minimum absolute atomic E-state index is 0.0254. The van der Waals surface area contributed by atoms with Gasteiger partial charge >= 0.3 is 0 Å². The number of aromatic nitrogens is 2. The van der Waals surface area contributed by atoms with E-state index in [0.717, 1.165) is 0 Å². The fraction of sp³-hybridized carbons (Fsp3) is 0.111. The number of benzene rings is 2. The number of rotatable bonds is 5. The number of nitrogens with one attached hydrogen (secondary N) is 1. The summed E-state index contributed by atoms with van der Waals surface area (Å²) in [6, 6.07) is 11.9. The molecule has 0 bridgehead atoms. The van der Waals surface area contributed by atoms with Crippen LogP contribution in [-0.4, -0.2) is 32.8 Å². The van der Waals surface area contributed by atoms with E-state index < -0.39 is 10.0 Å². The molecule has 4 rings (SSSR count). The lowest BCUT2D eigenvalue weighted by molar-refractivity contribution is 0.404. The van der Waals surface area contributed by atoms with Crippen LogP contribution in [0.25, 0.3) is 21.9 Å². The molecule has 2 aromatic carbocycles. The minimum atomic E-state index is -4.08. The molecule has 0 saturated heterocycles. The maximum absolute atomic E-state index is 13.2. The van der Waals surface area contributed by atoms with Crippen LogP contribution in [-0.2, 0) is 10.0 Å². The third-order valence-electron chi connectivity index (χ3n) is 4.09. The molecule has 2 aromatic heterocycles. The molecule has 0 aliphatic carbocycles. The van der Waals surface area contributed by atoms with E-state index in [4.69, 9.17) is 14.0 Å². The molecule has 0 radical (unpaired) electrons. The highest BCUT2D eigenvalue weighted by Gasteiger charge is 2.27. The first kappa shape index (κ1) is 17.1. The van der Waals surface area contributed by atoms with Crippen LogP contribution in [0.3, 0.4) is 0 Å². The molecule has 0 atom stereocenters. The summed E-state index contributed by atoms with van der Waals surface area (Å²) in [5.74, 6) is 0.639. The van der Waals surface area contributed by atoms with Crippen molar-refractivity contribution in [3.63, 3.8) is 0 Å². The van der Waals surface area contributed by atoms with Crippen molar-refractivity contribution in [1.29, 1.82) is 0 Å². The quantitative estimate of drug-likeness (QED) is 0.562. The van der Waals surface area contributed by atoms with Gasteiger partial charge in [0.1, 0.15) is 16.9 Å². The van der Waals surface area contributed by atoms with Crippen LogP contribution in [0.1, 0.15) is 0 Å². The van der Waals surface area contributed by atoms with E-state index in [2.05, 4.69) is 14.9 Å². The molecular formula is C18H15N3O5S. The summed E-state index contributed by atoms with van der Waals surface area (Å²) in [6.45, 7) is 0. The number of sulfonamides is 1. The lowest BCUT2D eigenvalue weighted by Crippen LogP contribution is -2.15. The van der Waals surface area contributed by atoms with Crippen LogP contribution >= 0.6 is 0 Å². The van der Waals surface area contributed by atoms with E-state index in [1.54, 1.807) is 42.5 Å². The van der Waals surface area contributed by atoms with Crippen LogP contribution in [0, 0.1) is 0 Å². The van der Waals surface area contributed by atoms with E-state index in [1.807, 2.05) is 0 Å². The molecule has 0 aliphatic heterocycles. The predicted molar refractivity (Wildman–Crippen MR) is 99.7 cm³/mol. The first-order valence-corrected chi connectivity index (χ1v) is 9.40. The highest BCUT2D eigenvalue weighted by molar-refractivity contribution is 7.93. The Morgan fingerprint density at radius 2 is 1.81 bits per heavy atom. The molecule has 27 heavy (non-hydrogen) atoms. The molecule has 0 aliphatic rings. The second-order valence-electron chi connectivity index (χ2n) is 5.64. The van der Waals surface area contributed by atoms with Gasteiger partial charge in [0.05, 0.1) is 19.7 Å². The van der Waals surface area contributed by atoms with Crippen LogP contribution in [0.2, 0.25) is 0 Å². The first-order valence-electron chi connectivity index (χ1n) is 7.92. The Morgan fingerprint density at radius 1 is 1.00 bits per heavy atom. The van der Waals surface area contributed by atoms with Crippen LogP contribution in [0.15, 0.2) is 58.1 Å². The molecule has 9 heteroatoms. The van der Waals surface area contributed by atoms with Gasteiger partial charge in [-0.2, -0.15) is 0 Å². The smallest absolute Gasteiger partial charge is 0.269 e. The van der Waals surface area contributed by atoms with Crippen molar-refractivity contribution >= 4 is 37.7 Å². The molecule has 0 saturated carbocycles. The molecule has 1 N–H and O–H groups in total. The van der Waals surface area contributed by atoms with E-state index in [0.29, 0.717) is 27.6 Å². The lowest BCUT2D eigenvalue weighted by Gasteiger charge is -2.12. The van der Waals surface area contributed by atoms with Gasteiger partial charge in [-0.1, -0.05) is 17.3 Å². The fourth-order valence-corrected chi connectivity index (χ4v) is 4.24. The maximum Gasteiger partial charge on any atom is 0.269 e. The van der Waals surface area contributed by atoms with Gasteiger partial charge in [0.2, 0.25) is 0 Å². The van der Waals surface area contributed by atoms with E-state index >= 15 is 0 Å². The Kier molecular flexibility index (Phi) is 4.08. The summed E-state index contributed by atoms with van der Waals surface area (Å²) in [4.78, 5) is 4.14. The van der Waals surface area contributed by atoms with Crippen LogP contribution in [0.4, 0.5) is 5.82 Å². The van der Waals surface area contributed by atoms with Crippen molar-refractivity contribution in [2.75, 3.05) is 18.9 Å². The van der Waals surface area contributed by atoms with Gasteiger partial charge in [-0.25, -0.2) is 8.42 Å². The Hall–Kier alpha value is -3.33. The summed E-state index contributed by atoms with van der Waals surface area (Å²) in [5.41, 5.74) is 0.694. The van der Waals surface area contributed by atoms with Crippen LogP contribution in [0.5, 0.6) is 11.5 Å². The lowest BCUT2D eigenvalue weighted by atomic mass is 10.2. The summed E-state index contributed by atoms with van der Waals surface area (Å²) < 4.78 is 44.6. The van der Waals surface area contributed by atoms with Gasteiger partial charge in [-0.3, -0.25) is 9.71 Å². The monoisotopic (exact) mass is 385 g/mol. The van der Waals surface area contributed by atoms with E-state index in [-0.39, 0.29) is 16.5 Å². The number of methoxy groups -OCH3 is 2. The summed E-state index contributed by atoms with van der Waals surface area (Å²) in [5, 5.41) is 4.94. The number of fused-ring (bicyclic) bond motifs is 2. The number of pyridine rings is 1. The minimum Gasteiger partial charge on any atom is -0.496 e. The van der Waals surface area contributed by atoms with Gasteiger partial charge in [0.15, 0.2) is 16.3 Å². The normalized spacial score (nSPS) is 11.6. The average molecular weight is 385 g/mol. The molecule has 0 spiro atoms. The summed E-state index contributed by atoms with van der Waals surface area (Å²) >= 11 is 0. The molecule has 0 fully saturated rings. The highest BCUT2D eigenvalue weighted by Crippen LogP contribution is 2.36. The highest BCUT2D eigenvalue weighted by atomic mass is 32.2. The molecule has 0 amide bonds. The maximum atomic E-state index is 13.2. The second-order valence-corrected chi connectivity index (χ2v) is 7.26. The molecule has 8 nitrogen and oxygen atoms in total. The Morgan fingerprint density at radius 3 is 2.59 bits per heavy atom. The second kappa shape index (κ2) is 6.44. The molecule has 0 unspecified atom stereocenters. The first-order chi connectivity index (χ1) is 13.0. The predicted octanol–water partition coefficient (Wildman–Crippen LogP) is 3.19. The molecule has 2 heterocycles. The van der Waals surface area contributed by atoms with Crippen LogP contribution < -0.4 is 14.2 Å². The Bertz CT molecular complexity index is 1250. The van der Waals surface area contributed by atoms with E-state index in [9.17, 15) is 8.42 Å². The van der Waals surface area contributed by atoms with Gasteiger partial charge in [0, 0.05) is 11.6 Å². The molecule has 138 valence electrons. The Balaban J connectivity index is 1.90. The number of nitrogens with zero attached hydrogens (tertiary/aromatic N) is 2. The van der Waals surface area contributed by atoms with Crippen molar-refractivity contribution in [1.82, 2.24) is 10.1 Å². The van der Waals surface area contributed by atoms with Crippen molar-refractivity contribution in [2.24, 2.45) is 0 Å². The average Bonchev–Trinajstić information content (AvgIpc) is 3.09. The fourth-order valence-electron chi connectivity index (χ4n) is 2.90. The van der Waals surface area contributed by atoms with Crippen molar-refractivity contribution in [3.05, 3.63) is 48.7 Å². The van der Waals surface area contributed by atoms with Crippen molar-refractivity contribution in [3.8, 4) is 11.5 Å². The number of hydrogen-bond acceptors (Lipinski definition) is 7. The largest absolute Gasteiger partial charge is 0.496 e. The van der Waals surface area contributed by atoms with Gasteiger partial charge < -0.3 is 14.0 Å². The van der Waals surface area contributed by atoms with Crippen molar-refractivity contribution < 1.29 is 22.4 Å². The number of anilines is 1. The van der Waals surface area contributed by atoms with Gasteiger partial charge in [-0.05, 0) is 30.3 Å². The summed E-state index contributed by atoms with van der Waals surface area (Å²) in [7, 11) is -1.20. The van der Waals surface area contributed by atoms with E-state index in [1.165, 1.54) is 20.4 Å². The van der Waals surface area contributed by atoms with Gasteiger partial charge in [-0.15, -0.1) is 0 Å². The van der Waals surface area contributed by atoms with Gasteiger partial charge in [0.25, 0.3) is 10.0 Å². The summed E-state index contributed by atoms with van der Waals surface area (Å²) in [6.07, 6.45) is 1.52. The third-order valence-corrected chi connectivity index (χ3v) is 5.49. The molecule has 4 aromatic rings.